The van der Waals surface area contributed by atoms with Crippen molar-refractivity contribution in [3.05, 3.63) is 35.4 Å². The molecular weight excluding hydrogens is 341 g/mol. The van der Waals surface area contributed by atoms with E-state index in [4.69, 9.17) is 5.11 Å². The molecule has 0 bridgehead atoms. The summed E-state index contributed by atoms with van der Waals surface area (Å²) in [6.07, 6.45) is -1.69. The van der Waals surface area contributed by atoms with E-state index in [1.807, 2.05) is 0 Å². The first-order chi connectivity index (χ1) is 9.33. The molecule has 7 heteroatoms. The molecule has 0 amide bonds. The van der Waals surface area contributed by atoms with E-state index in [1.54, 1.807) is 6.07 Å². The summed E-state index contributed by atoms with van der Waals surface area (Å²) in [5, 5.41) is 9.21. The third-order valence-electron chi connectivity index (χ3n) is 2.36. The van der Waals surface area contributed by atoms with Crippen molar-refractivity contribution in [2.45, 2.75) is 19.2 Å². The van der Waals surface area contributed by atoms with Crippen molar-refractivity contribution in [2.24, 2.45) is 0 Å². The highest BCUT2D eigenvalue weighted by atomic mass is 79.9. The zero-order valence-electron chi connectivity index (χ0n) is 10.3. The molecule has 0 unspecified atom stereocenters. The lowest BCUT2D eigenvalue weighted by atomic mass is 10.0. The highest BCUT2D eigenvalue weighted by Crippen LogP contribution is 2.30. The van der Waals surface area contributed by atoms with Gasteiger partial charge in [0.05, 0.1) is 0 Å². The number of hydrogen-bond donors (Lipinski definition) is 1. The smallest absolute Gasteiger partial charge is 0.478 e. The number of alkyl halides is 4. The maximum atomic E-state index is 12.3. The van der Waals surface area contributed by atoms with Crippen LogP contribution in [0, 0.1) is 0 Å². The van der Waals surface area contributed by atoms with Crippen LogP contribution in [0.25, 0.3) is 6.08 Å². The number of carboxylic acids is 1. The number of carbonyl (C=O) groups is 1. The third kappa shape index (κ3) is 5.64. The molecule has 0 aliphatic carbocycles. The average molecular weight is 353 g/mol. The van der Waals surface area contributed by atoms with Gasteiger partial charge in [-0.3, -0.25) is 0 Å². The first-order valence-electron chi connectivity index (χ1n) is 5.68. The predicted octanol–water partition coefficient (Wildman–Crippen LogP) is 4.01. The topological polar surface area (TPSA) is 46.5 Å². The standard InChI is InChI=1S/C13H12BrF3O3/c14-8-2-4-10-9(6-7-12(18)19)3-1-5-11(10)20-13(15,16)17/h1,3,5-7H,2,4,8H2,(H,18,19)/b7-6+. The fourth-order valence-electron chi connectivity index (χ4n) is 1.63. The van der Waals surface area contributed by atoms with Gasteiger partial charge in [-0.15, -0.1) is 13.2 Å². The number of aliphatic carboxylic acids is 1. The number of hydrogen-bond acceptors (Lipinski definition) is 2. The van der Waals surface area contributed by atoms with Gasteiger partial charge in [-0.25, -0.2) is 4.79 Å². The summed E-state index contributed by atoms with van der Waals surface area (Å²) in [6.45, 7) is 0. The lowest BCUT2D eigenvalue weighted by Crippen LogP contribution is -2.18. The van der Waals surface area contributed by atoms with Crippen molar-refractivity contribution in [3.8, 4) is 5.75 Å². The van der Waals surface area contributed by atoms with Crippen LogP contribution in [-0.2, 0) is 11.2 Å². The van der Waals surface area contributed by atoms with E-state index in [9.17, 15) is 18.0 Å². The largest absolute Gasteiger partial charge is 0.573 e. The molecule has 0 aliphatic rings. The molecule has 0 aliphatic heterocycles. The zero-order chi connectivity index (χ0) is 15.2. The Morgan fingerprint density at radius 2 is 2.10 bits per heavy atom. The van der Waals surface area contributed by atoms with Crippen LogP contribution in [0.1, 0.15) is 17.5 Å². The van der Waals surface area contributed by atoms with Gasteiger partial charge in [-0.1, -0.05) is 28.1 Å². The second-order valence-electron chi connectivity index (χ2n) is 3.84. The van der Waals surface area contributed by atoms with Crippen LogP contribution in [0.2, 0.25) is 0 Å². The number of halogens is 4. The number of ether oxygens (including phenoxy) is 1. The molecule has 0 saturated heterocycles. The lowest BCUT2D eigenvalue weighted by molar-refractivity contribution is -0.274. The highest BCUT2D eigenvalue weighted by molar-refractivity contribution is 9.09. The molecule has 0 radical (unpaired) electrons. The molecule has 0 aromatic heterocycles. The van der Waals surface area contributed by atoms with Crippen molar-refractivity contribution in [2.75, 3.05) is 5.33 Å². The van der Waals surface area contributed by atoms with Crippen molar-refractivity contribution in [3.63, 3.8) is 0 Å². The van der Waals surface area contributed by atoms with Crippen molar-refractivity contribution < 1.29 is 27.8 Å². The zero-order valence-corrected chi connectivity index (χ0v) is 11.9. The quantitative estimate of drug-likeness (QED) is 0.621. The van der Waals surface area contributed by atoms with Crippen molar-refractivity contribution >= 4 is 28.0 Å². The number of benzene rings is 1. The van der Waals surface area contributed by atoms with Gasteiger partial charge in [0.25, 0.3) is 0 Å². The van der Waals surface area contributed by atoms with Gasteiger partial charge in [0.15, 0.2) is 0 Å². The molecule has 110 valence electrons. The Labute approximate surface area is 122 Å². The molecule has 0 fully saturated rings. The minimum absolute atomic E-state index is 0.300. The summed E-state index contributed by atoms with van der Waals surface area (Å²) in [4.78, 5) is 10.5. The number of rotatable bonds is 6. The van der Waals surface area contributed by atoms with Gasteiger partial charge in [-0.05, 0) is 30.5 Å². The van der Waals surface area contributed by atoms with Gasteiger partial charge in [-0.2, -0.15) is 0 Å². The van der Waals surface area contributed by atoms with Crippen LogP contribution >= 0.6 is 15.9 Å². The predicted molar refractivity (Wildman–Crippen MR) is 71.9 cm³/mol. The lowest BCUT2D eigenvalue weighted by Gasteiger charge is -2.15. The SMILES string of the molecule is O=C(O)/C=C/c1cccc(OC(F)(F)F)c1CCCBr. The van der Waals surface area contributed by atoms with Gasteiger partial charge in [0.1, 0.15) is 5.75 Å². The minimum atomic E-state index is -4.78. The van der Waals surface area contributed by atoms with Crippen LogP contribution in [-0.4, -0.2) is 22.8 Å². The first kappa shape index (κ1) is 16.6. The monoisotopic (exact) mass is 352 g/mol. The van der Waals surface area contributed by atoms with Crippen LogP contribution in [0.3, 0.4) is 0 Å². The molecule has 1 aromatic rings. The van der Waals surface area contributed by atoms with Crippen molar-refractivity contribution in [1.82, 2.24) is 0 Å². The Balaban J connectivity index is 3.15. The summed E-state index contributed by atoms with van der Waals surface area (Å²) in [5.41, 5.74) is 0.733. The summed E-state index contributed by atoms with van der Waals surface area (Å²) in [7, 11) is 0. The van der Waals surface area contributed by atoms with Crippen LogP contribution in [0.5, 0.6) is 5.75 Å². The molecule has 0 spiro atoms. The van der Waals surface area contributed by atoms with E-state index in [2.05, 4.69) is 20.7 Å². The Kier molecular flexibility index (Phi) is 6.06. The third-order valence-corrected chi connectivity index (χ3v) is 2.92. The van der Waals surface area contributed by atoms with Gasteiger partial charge in [0.2, 0.25) is 0 Å². The van der Waals surface area contributed by atoms with Crippen LogP contribution in [0.4, 0.5) is 13.2 Å². The summed E-state index contributed by atoms with van der Waals surface area (Å²) < 4.78 is 41.0. The Hall–Kier alpha value is -1.50. The first-order valence-corrected chi connectivity index (χ1v) is 6.80. The molecule has 3 nitrogen and oxygen atoms in total. The maximum absolute atomic E-state index is 12.3. The van der Waals surface area contributed by atoms with Crippen molar-refractivity contribution in [1.29, 1.82) is 0 Å². The Bertz CT molecular complexity index is 498. The minimum Gasteiger partial charge on any atom is -0.478 e. The average Bonchev–Trinajstić information content (AvgIpc) is 2.33. The van der Waals surface area contributed by atoms with E-state index in [-0.39, 0.29) is 5.75 Å². The molecule has 1 aromatic carbocycles. The van der Waals surface area contributed by atoms with Gasteiger partial charge >= 0.3 is 12.3 Å². The second kappa shape index (κ2) is 7.33. The molecular formula is C13H12BrF3O3. The van der Waals surface area contributed by atoms with E-state index in [0.29, 0.717) is 29.3 Å². The Morgan fingerprint density at radius 3 is 2.65 bits per heavy atom. The summed E-state index contributed by atoms with van der Waals surface area (Å²) in [5.74, 6) is -1.47. The van der Waals surface area contributed by atoms with E-state index < -0.39 is 12.3 Å². The fraction of sp³-hybridized carbons (Fsp3) is 0.308. The normalized spacial score (nSPS) is 11.8. The van der Waals surface area contributed by atoms with Gasteiger partial charge in [0, 0.05) is 17.0 Å². The molecule has 0 atom stereocenters. The van der Waals surface area contributed by atoms with Crippen LogP contribution in [0.15, 0.2) is 24.3 Å². The maximum Gasteiger partial charge on any atom is 0.573 e. The fourth-order valence-corrected chi connectivity index (χ4v) is 1.91. The van der Waals surface area contributed by atoms with E-state index in [0.717, 1.165) is 6.08 Å². The molecule has 1 N–H and O–H groups in total. The molecule has 20 heavy (non-hydrogen) atoms. The summed E-state index contributed by atoms with van der Waals surface area (Å²) >= 11 is 3.20. The van der Waals surface area contributed by atoms with Crippen LogP contribution < -0.4 is 4.74 Å². The summed E-state index contributed by atoms with van der Waals surface area (Å²) in [6, 6.07) is 4.15. The number of carboxylic acid groups (broad SMARTS) is 1. The highest BCUT2D eigenvalue weighted by Gasteiger charge is 2.32. The molecule has 0 heterocycles. The molecule has 0 saturated carbocycles. The van der Waals surface area contributed by atoms with E-state index >= 15 is 0 Å². The van der Waals surface area contributed by atoms with E-state index in [1.165, 1.54) is 18.2 Å². The second-order valence-corrected chi connectivity index (χ2v) is 4.63. The molecule has 1 rings (SSSR count). The van der Waals surface area contributed by atoms with Gasteiger partial charge < -0.3 is 9.84 Å². The Morgan fingerprint density at radius 1 is 1.40 bits per heavy atom.